The highest BCUT2D eigenvalue weighted by Gasteiger charge is 2.30. The van der Waals surface area contributed by atoms with Crippen LogP contribution in [-0.2, 0) is 4.79 Å². The van der Waals surface area contributed by atoms with E-state index in [1.54, 1.807) is 0 Å². The summed E-state index contributed by atoms with van der Waals surface area (Å²) in [6.07, 6.45) is 2.58. The molecular formula is C13H25N3O. The summed E-state index contributed by atoms with van der Waals surface area (Å²) < 4.78 is 0. The first-order valence-electron chi connectivity index (χ1n) is 6.69. The van der Waals surface area contributed by atoms with Crippen molar-refractivity contribution in [2.45, 2.75) is 45.2 Å². The van der Waals surface area contributed by atoms with Crippen molar-refractivity contribution in [2.24, 2.45) is 5.92 Å². The summed E-state index contributed by atoms with van der Waals surface area (Å²) in [6, 6.07) is 0.594. The van der Waals surface area contributed by atoms with Crippen LogP contribution in [0.3, 0.4) is 0 Å². The number of piperidine rings is 1. The topological polar surface area (TPSA) is 44.4 Å². The molecule has 1 amide bonds. The van der Waals surface area contributed by atoms with Gasteiger partial charge in [0.05, 0.1) is 6.54 Å². The molecule has 2 N–H and O–H groups in total. The van der Waals surface area contributed by atoms with Gasteiger partial charge in [-0.05, 0) is 46.1 Å². The fourth-order valence-electron chi connectivity index (χ4n) is 2.83. The van der Waals surface area contributed by atoms with Crippen LogP contribution in [0, 0.1) is 5.92 Å². The number of nitrogens with zero attached hydrogens (tertiary/aromatic N) is 1. The van der Waals surface area contributed by atoms with E-state index in [1.807, 2.05) is 20.8 Å². The van der Waals surface area contributed by atoms with Crippen molar-refractivity contribution < 1.29 is 4.79 Å². The van der Waals surface area contributed by atoms with E-state index < -0.39 is 0 Å². The van der Waals surface area contributed by atoms with Crippen molar-refractivity contribution in [3.63, 3.8) is 0 Å². The van der Waals surface area contributed by atoms with Gasteiger partial charge in [0, 0.05) is 24.7 Å². The maximum Gasteiger partial charge on any atom is 0.234 e. The normalized spacial score (nSPS) is 30.1. The average Bonchev–Trinajstić information content (AvgIpc) is 2.45. The number of rotatable bonds is 2. The lowest BCUT2D eigenvalue weighted by Gasteiger charge is -2.25. The van der Waals surface area contributed by atoms with Crippen LogP contribution < -0.4 is 10.6 Å². The van der Waals surface area contributed by atoms with Gasteiger partial charge in [0.25, 0.3) is 0 Å². The summed E-state index contributed by atoms with van der Waals surface area (Å²) in [5.41, 5.74) is -0.125. The largest absolute Gasteiger partial charge is 0.350 e. The molecule has 98 valence electrons. The molecule has 0 spiro atoms. The summed E-state index contributed by atoms with van der Waals surface area (Å²) >= 11 is 0. The van der Waals surface area contributed by atoms with Crippen LogP contribution in [0.25, 0.3) is 0 Å². The third-order valence-electron chi connectivity index (χ3n) is 3.50. The van der Waals surface area contributed by atoms with E-state index in [0.29, 0.717) is 12.6 Å². The van der Waals surface area contributed by atoms with Gasteiger partial charge in [-0.15, -0.1) is 0 Å². The summed E-state index contributed by atoms with van der Waals surface area (Å²) in [5.74, 6) is 0.884. The third kappa shape index (κ3) is 3.96. The van der Waals surface area contributed by atoms with Crippen molar-refractivity contribution >= 4 is 5.91 Å². The molecule has 2 atom stereocenters. The minimum absolute atomic E-state index is 0.125. The van der Waals surface area contributed by atoms with E-state index in [0.717, 1.165) is 25.6 Å². The molecule has 0 aliphatic carbocycles. The first kappa shape index (κ1) is 12.8. The third-order valence-corrected chi connectivity index (χ3v) is 3.50. The molecule has 3 fully saturated rings. The van der Waals surface area contributed by atoms with Gasteiger partial charge in [-0.1, -0.05) is 0 Å². The maximum atomic E-state index is 11.9. The Morgan fingerprint density at radius 3 is 2.71 bits per heavy atom. The first-order valence-corrected chi connectivity index (χ1v) is 6.69. The monoisotopic (exact) mass is 239 g/mol. The minimum Gasteiger partial charge on any atom is -0.350 e. The minimum atomic E-state index is -0.125. The van der Waals surface area contributed by atoms with E-state index in [4.69, 9.17) is 0 Å². The predicted molar refractivity (Wildman–Crippen MR) is 68.9 cm³/mol. The van der Waals surface area contributed by atoms with Crippen LogP contribution in [0.5, 0.6) is 0 Å². The lowest BCUT2D eigenvalue weighted by Crippen LogP contribution is -2.47. The quantitative estimate of drug-likeness (QED) is 0.741. The molecule has 0 radical (unpaired) electrons. The number of carbonyl (C=O) groups excluding carboxylic acids is 1. The van der Waals surface area contributed by atoms with E-state index in [9.17, 15) is 4.79 Å². The van der Waals surface area contributed by atoms with Crippen LogP contribution in [0.1, 0.15) is 33.6 Å². The van der Waals surface area contributed by atoms with Gasteiger partial charge >= 0.3 is 0 Å². The zero-order chi connectivity index (χ0) is 12.5. The zero-order valence-electron chi connectivity index (χ0n) is 11.3. The van der Waals surface area contributed by atoms with Gasteiger partial charge in [-0.3, -0.25) is 9.69 Å². The molecular weight excluding hydrogens is 214 g/mol. The van der Waals surface area contributed by atoms with E-state index in [1.165, 1.54) is 12.8 Å². The Morgan fingerprint density at radius 2 is 2.12 bits per heavy atom. The molecule has 0 aromatic carbocycles. The molecule has 0 aromatic heterocycles. The lowest BCUT2D eigenvalue weighted by molar-refractivity contribution is -0.123. The van der Waals surface area contributed by atoms with Gasteiger partial charge < -0.3 is 10.6 Å². The first-order chi connectivity index (χ1) is 7.92. The van der Waals surface area contributed by atoms with Crippen molar-refractivity contribution in [1.29, 1.82) is 0 Å². The van der Waals surface area contributed by atoms with Crippen molar-refractivity contribution in [1.82, 2.24) is 15.5 Å². The SMILES string of the molecule is CC(C)(C)NC(=O)CN1C[C@H]2CC[C@@H](C1)NC2. The number of carbonyl (C=O) groups is 1. The zero-order valence-corrected chi connectivity index (χ0v) is 11.3. The Balaban J connectivity index is 1.84. The second kappa shape index (κ2) is 4.94. The number of nitrogens with one attached hydrogen (secondary N) is 2. The Labute approximate surface area is 104 Å². The maximum absolute atomic E-state index is 11.9. The van der Waals surface area contributed by atoms with Crippen molar-refractivity contribution in [2.75, 3.05) is 26.2 Å². The number of hydrogen-bond donors (Lipinski definition) is 2. The molecule has 4 heteroatoms. The van der Waals surface area contributed by atoms with Gasteiger partial charge in [0.1, 0.15) is 0 Å². The standard InChI is InChI=1S/C13H25N3O/c1-13(2,3)15-12(17)9-16-7-10-4-5-11(8-16)14-6-10/h10-11,14H,4-9H2,1-3H3,(H,15,17)/t10-,11-/m0/s1. The highest BCUT2D eigenvalue weighted by Crippen LogP contribution is 2.21. The highest BCUT2D eigenvalue weighted by molar-refractivity contribution is 5.78. The fourth-order valence-corrected chi connectivity index (χ4v) is 2.83. The molecule has 4 nitrogen and oxygen atoms in total. The average molecular weight is 239 g/mol. The van der Waals surface area contributed by atoms with Gasteiger partial charge in [-0.2, -0.15) is 0 Å². The smallest absolute Gasteiger partial charge is 0.234 e. The van der Waals surface area contributed by atoms with Crippen molar-refractivity contribution in [3.8, 4) is 0 Å². The Morgan fingerprint density at radius 1 is 1.35 bits per heavy atom. The van der Waals surface area contributed by atoms with Gasteiger partial charge in [0.2, 0.25) is 5.91 Å². The van der Waals surface area contributed by atoms with Crippen LogP contribution in [-0.4, -0.2) is 48.6 Å². The molecule has 3 aliphatic rings. The molecule has 0 unspecified atom stereocenters. The van der Waals surface area contributed by atoms with Crippen LogP contribution in [0.4, 0.5) is 0 Å². The summed E-state index contributed by atoms with van der Waals surface area (Å²) in [7, 11) is 0. The van der Waals surface area contributed by atoms with Crippen molar-refractivity contribution in [3.05, 3.63) is 0 Å². The van der Waals surface area contributed by atoms with E-state index in [-0.39, 0.29) is 11.4 Å². The summed E-state index contributed by atoms with van der Waals surface area (Å²) in [5, 5.41) is 6.60. The van der Waals surface area contributed by atoms with Crippen LogP contribution in [0.15, 0.2) is 0 Å². The molecule has 3 rings (SSSR count). The molecule has 3 saturated heterocycles. The van der Waals surface area contributed by atoms with E-state index in [2.05, 4.69) is 15.5 Å². The Hall–Kier alpha value is -0.610. The van der Waals surface area contributed by atoms with Gasteiger partial charge in [-0.25, -0.2) is 0 Å². The molecule has 0 saturated carbocycles. The molecule has 2 bridgehead atoms. The Bertz CT molecular complexity index is 263. The number of fused-ring (bicyclic) bond motifs is 4. The molecule has 3 heterocycles. The second-order valence-electron chi connectivity index (χ2n) is 6.54. The predicted octanol–water partition coefficient (Wildman–Crippen LogP) is 0.585. The molecule has 0 aromatic rings. The molecule has 3 aliphatic heterocycles. The fraction of sp³-hybridized carbons (Fsp3) is 0.923. The number of hydrogen-bond acceptors (Lipinski definition) is 3. The highest BCUT2D eigenvalue weighted by atomic mass is 16.2. The molecule has 17 heavy (non-hydrogen) atoms. The summed E-state index contributed by atoms with van der Waals surface area (Å²) in [6.45, 7) is 9.85. The summed E-state index contributed by atoms with van der Waals surface area (Å²) in [4.78, 5) is 14.2. The lowest BCUT2D eigenvalue weighted by atomic mass is 9.97. The van der Waals surface area contributed by atoms with Crippen LogP contribution >= 0.6 is 0 Å². The Kier molecular flexibility index (Phi) is 3.73. The second-order valence-corrected chi connectivity index (χ2v) is 6.54. The van der Waals surface area contributed by atoms with Gasteiger partial charge in [0.15, 0.2) is 0 Å². The number of amides is 1. The van der Waals surface area contributed by atoms with Crippen LogP contribution in [0.2, 0.25) is 0 Å². The van der Waals surface area contributed by atoms with E-state index >= 15 is 0 Å².